The number of aromatic nitrogens is 3. The largest absolute Gasteiger partial charge is 0.462 e. The van der Waals surface area contributed by atoms with Crippen molar-refractivity contribution in [2.45, 2.75) is 40.2 Å². The third-order valence-corrected chi connectivity index (χ3v) is 6.68. The fourth-order valence-electron chi connectivity index (χ4n) is 3.75. The van der Waals surface area contributed by atoms with E-state index in [0.717, 1.165) is 40.2 Å². The highest BCUT2D eigenvalue weighted by molar-refractivity contribution is 7.18. The van der Waals surface area contributed by atoms with E-state index in [9.17, 15) is 27.6 Å². The van der Waals surface area contributed by atoms with Crippen LogP contribution >= 0.6 is 11.3 Å². The number of ether oxygens (including phenoxy) is 2. The molecule has 0 aliphatic heterocycles. The van der Waals surface area contributed by atoms with Crippen LogP contribution in [0.15, 0.2) is 36.5 Å². The first-order chi connectivity index (χ1) is 18.5. The van der Waals surface area contributed by atoms with Gasteiger partial charge in [0.05, 0.1) is 30.2 Å². The van der Waals surface area contributed by atoms with Gasteiger partial charge >= 0.3 is 11.9 Å². The predicted octanol–water partition coefficient (Wildman–Crippen LogP) is 5.84. The average molecular weight is 561 g/mol. The highest BCUT2D eigenvalue weighted by Gasteiger charge is 2.29. The molecule has 39 heavy (non-hydrogen) atoms. The van der Waals surface area contributed by atoms with Crippen LogP contribution in [0.3, 0.4) is 0 Å². The number of thiophene rings is 1. The number of benzene rings is 1. The number of halogens is 3. The number of amides is 1. The molecule has 0 unspecified atom stereocenters. The Bertz CT molecular complexity index is 1560. The highest BCUT2D eigenvalue weighted by Crippen LogP contribution is 2.35. The van der Waals surface area contributed by atoms with Crippen LogP contribution in [-0.2, 0) is 9.47 Å². The molecule has 0 spiro atoms. The molecular weight excluding hydrogens is 537 g/mol. The average Bonchev–Trinajstić information content (AvgIpc) is 3.44. The van der Waals surface area contributed by atoms with Crippen molar-refractivity contribution in [3.63, 3.8) is 0 Å². The van der Waals surface area contributed by atoms with E-state index in [0.29, 0.717) is 5.56 Å². The zero-order valence-electron chi connectivity index (χ0n) is 21.3. The van der Waals surface area contributed by atoms with Gasteiger partial charge in [0.25, 0.3) is 12.3 Å². The first kappa shape index (κ1) is 27.8. The normalized spacial score (nSPS) is 11.3. The van der Waals surface area contributed by atoms with Crippen molar-refractivity contribution < 1.29 is 37.0 Å². The van der Waals surface area contributed by atoms with Gasteiger partial charge in [0.2, 0.25) is 0 Å². The molecule has 0 bridgehead atoms. The number of anilines is 1. The molecule has 0 aliphatic carbocycles. The van der Waals surface area contributed by atoms with E-state index in [1.807, 2.05) is 0 Å². The van der Waals surface area contributed by atoms with E-state index in [1.54, 1.807) is 20.8 Å². The maximum Gasteiger partial charge on any atom is 0.348 e. The standard InChI is InChI=1S/C26H23F3N4O5S/c1-5-37-26(36)20-13(4)19(25(35)38-12(2)3)24(39-20)32-23(34)16-11-30-33-18(21(28)29)10-17(31-22(16)33)14-6-8-15(27)9-7-14/h6-12,21H,5H2,1-4H3,(H,32,34). The third-order valence-electron chi connectivity index (χ3n) is 5.49. The van der Waals surface area contributed by atoms with Crippen LogP contribution < -0.4 is 5.32 Å². The lowest BCUT2D eigenvalue weighted by Crippen LogP contribution is -2.17. The second kappa shape index (κ2) is 11.2. The quantitative estimate of drug-likeness (QED) is 0.270. The van der Waals surface area contributed by atoms with Crippen LogP contribution in [0, 0.1) is 12.7 Å². The Morgan fingerprint density at radius 2 is 1.82 bits per heavy atom. The Morgan fingerprint density at radius 1 is 1.13 bits per heavy atom. The molecule has 204 valence electrons. The van der Waals surface area contributed by atoms with Gasteiger partial charge in [-0.15, -0.1) is 11.3 Å². The minimum absolute atomic E-state index is 0.00863. The number of carbonyl (C=O) groups excluding carboxylic acids is 3. The fourth-order valence-corrected chi connectivity index (χ4v) is 4.84. The molecule has 1 aromatic carbocycles. The molecule has 3 aromatic heterocycles. The van der Waals surface area contributed by atoms with Crippen molar-refractivity contribution in [2.24, 2.45) is 0 Å². The van der Waals surface area contributed by atoms with Gasteiger partial charge in [-0.3, -0.25) is 4.79 Å². The van der Waals surface area contributed by atoms with E-state index < -0.39 is 41.9 Å². The molecule has 9 nitrogen and oxygen atoms in total. The van der Waals surface area contributed by atoms with Gasteiger partial charge in [0.15, 0.2) is 5.65 Å². The van der Waals surface area contributed by atoms with Crippen LogP contribution in [0.4, 0.5) is 18.2 Å². The first-order valence-electron chi connectivity index (χ1n) is 11.8. The van der Waals surface area contributed by atoms with Crippen molar-refractivity contribution in [1.82, 2.24) is 14.6 Å². The van der Waals surface area contributed by atoms with Crippen LogP contribution in [0.1, 0.15) is 68.8 Å². The van der Waals surface area contributed by atoms with Gasteiger partial charge in [-0.2, -0.15) is 5.10 Å². The molecule has 4 aromatic rings. The summed E-state index contributed by atoms with van der Waals surface area (Å²) in [6, 6.07) is 6.17. The summed E-state index contributed by atoms with van der Waals surface area (Å²) in [4.78, 5) is 43.1. The number of esters is 2. The van der Waals surface area contributed by atoms with Gasteiger partial charge in [-0.25, -0.2) is 32.3 Å². The van der Waals surface area contributed by atoms with Crippen molar-refractivity contribution in [3.05, 3.63) is 69.6 Å². The number of nitrogens with zero attached hydrogens (tertiary/aromatic N) is 3. The molecule has 0 fully saturated rings. The predicted molar refractivity (Wildman–Crippen MR) is 137 cm³/mol. The molecule has 1 amide bonds. The molecule has 13 heteroatoms. The SMILES string of the molecule is CCOC(=O)c1sc(NC(=O)c2cnn3c(C(F)F)cc(-c4ccc(F)cc4)nc23)c(C(=O)OC(C)C)c1C. The van der Waals surface area contributed by atoms with Crippen LogP contribution in [0.5, 0.6) is 0 Å². The summed E-state index contributed by atoms with van der Waals surface area (Å²) in [6.45, 7) is 6.54. The Hall–Kier alpha value is -4.26. The lowest BCUT2D eigenvalue weighted by Gasteiger charge is -2.11. The minimum atomic E-state index is -2.96. The Labute approximate surface area is 224 Å². The molecule has 0 saturated carbocycles. The minimum Gasteiger partial charge on any atom is -0.462 e. The lowest BCUT2D eigenvalue weighted by molar-refractivity contribution is 0.0379. The topological polar surface area (TPSA) is 112 Å². The highest BCUT2D eigenvalue weighted by atomic mass is 32.1. The Morgan fingerprint density at radius 3 is 2.44 bits per heavy atom. The smallest absolute Gasteiger partial charge is 0.348 e. The Balaban J connectivity index is 1.79. The van der Waals surface area contributed by atoms with Gasteiger partial charge in [0, 0.05) is 5.56 Å². The van der Waals surface area contributed by atoms with E-state index in [-0.39, 0.29) is 44.5 Å². The summed E-state index contributed by atoms with van der Waals surface area (Å²) in [6.07, 6.45) is -2.38. The van der Waals surface area contributed by atoms with Gasteiger partial charge in [-0.1, -0.05) is 0 Å². The van der Waals surface area contributed by atoms with E-state index in [2.05, 4.69) is 15.4 Å². The molecule has 0 radical (unpaired) electrons. The van der Waals surface area contributed by atoms with E-state index in [1.165, 1.54) is 19.1 Å². The summed E-state index contributed by atoms with van der Waals surface area (Å²) < 4.78 is 52.4. The zero-order valence-corrected chi connectivity index (χ0v) is 22.1. The number of nitrogens with one attached hydrogen (secondary N) is 1. The summed E-state index contributed by atoms with van der Waals surface area (Å²) in [5, 5.41) is 6.50. The Kier molecular flexibility index (Phi) is 8.00. The van der Waals surface area contributed by atoms with Gasteiger partial charge in [-0.05, 0) is 63.6 Å². The van der Waals surface area contributed by atoms with Gasteiger partial charge < -0.3 is 14.8 Å². The number of hydrogen-bond donors (Lipinski definition) is 1. The zero-order chi connectivity index (χ0) is 28.4. The molecular formula is C26H23F3N4O5S. The third kappa shape index (κ3) is 5.62. The lowest BCUT2D eigenvalue weighted by atomic mass is 10.1. The number of alkyl halides is 2. The summed E-state index contributed by atoms with van der Waals surface area (Å²) >= 11 is 0.820. The monoisotopic (exact) mass is 560 g/mol. The first-order valence-corrected chi connectivity index (χ1v) is 12.6. The fraction of sp³-hybridized carbons (Fsp3) is 0.269. The number of hydrogen-bond acceptors (Lipinski definition) is 8. The number of fused-ring (bicyclic) bond motifs is 1. The molecule has 4 rings (SSSR count). The summed E-state index contributed by atoms with van der Waals surface area (Å²) in [7, 11) is 0. The number of carbonyl (C=O) groups is 3. The molecule has 0 aliphatic rings. The van der Waals surface area contributed by atoms with E-state index in [4.69, 9.17) is 9.47 Å². The summed E-state index contributed by atoms with van der Waals surface area (Å²) in [5.41, 5.74) is -0.241. The van der Waals surface area contributed by atoms with Crippen LogP contribution in [0.2, 0.25) is 0 Å². The molecule has 3 heterocycles. The summed E-state index contributed by atoms with van der Waals surface area (Å²) in [5.74, 6) is -2.77. The number of rotatable bonds is 8. The van der Waals surface area contributed by atoms with Crippen molar-refractivity contribution in [1.29, 1.82) is 0 Å². The maximum absolute atomic E-state index is 13.9. The van der Waals surface area contributed by atoms with Crippen molar-refractivity contribution >= 4 is 39.8 Å². The molecule has 0 atom stereocenters. The van der Waals surface area contributed by atoms with Crippen molar-refractivity contribution in [2.75, 3.05) is 11.9 Å². The maximum atomic E-state index is 13.9. The van der Waals surface area contributed by atoms with Crippen molar-refractivity contribution in [3.8, 4) is 11.3 Å². The second-order valence-corrected chi connectivity index (χ2v) is 9.58. The molecule has 1 N–H and O–H groups in total. The van der Waals surface area contributed by atoms with Crippen LogP contribution in [0.25, 0.3) is 16.9 Å². The van der Waals surface area contributed by atoms with Gasteiger partial charge in [0.1, 0.15) is 27.0 Å². The van der Waals surface area contributed by atoms with Crippen LogP contribution in [-0.4, -0.2) is 45.2 Å². The molecule has 0 saturated heterocycles. The second-order valence-electron chi connectivity index (χ2n) is 8.56. The van der Waals surface area contributed by atoms with E-state index >= 15 is 0 Å².